The third kappa shape index (κ3) is 2.26. The number of nitrogens with zero attached hydrogens (tertiary/aromatic N) is 1. The number of aromatic nitrogens is 2. The standard InChI is InChI=1S/C14H15N3OS/c1-8-3-5-10(6-4-8)13-12-9(2)16-17-14(12)15-11(18)7-19-13/h3-6,13H,7H2,1-2H3,(H2,15,16,17,18). The van der Waals surface area contributed by atoms with Gasteiger partial charge in [-0.15, -0.1) is 11.8 Å². The fourth-order valence-corrected chi connectivity index (χ4v) is 3.46. The van der Waals surface area contributed by atoms with E-state index in [0.29, 0.717) is 11.6 Å². The van der Waals surface area contributed by atoms with E-state index in [1.54, 1.807) is 11.8 Å². The second kappa shape index (κ2) is 4.74. The molecular weight excluding hydrogens is 258 g/mol. The molecule has 1 aliphatic heterocycles. The van der Waals surface area contributed by atoms with E-state index in [1.807, 2.05) is 6.92 Å². The first-order chi connectivity index (χ1) is 9.15. The molecule has 1 atom stereocenters. The Bertz CT molecular complexity index is 618. The Hall–Kier alpha value is -1.75. The fraction of sp³-hybridized carbons (Fsp3) is 0.286. The molecule has 1 aromatic heterocycles. The quantitative estimate of drug-likeness (QED) is 0.840. The maximum Gasteiger partial charge on any atom is 0.235 e. The highest BCUT2D eigenvalue weighted by atomic mass is 32.2. The first kappa shape index (κ1) is 12.3. The maximum atomic E-state index is 11.7. The normalized spacial score (nSPS) is 18.6. The second-order valence-electron chi connectivity index (χ2n) is 4.76. The summed E-state index contributed by atoms with van der Waals surface area (Å²) in [7, 11) is 0. The highest BCUT2D eigenvalue weighted by Gasteiger charge is 2.27. The monoisotopic (exact) mass is 273 g/mol. The molecule has 2 aromatic rings. The van der Waals surface area contributed by atoms with Crippen LogP contribution in [-0.4, -0.2) is 21.9 Å². The molecule has 4 nitrogen and oxygen atoms in total. The minimum atomic E-state index is 0.00682. The Morgan fingerprint density at radius 3 is 2.74 bits per heavy atom. The summed E-state index contributed by atoms with van der Waals surface area (Å²) >= 11 is 1.64. The van der Waals surface area contributed by atoms with Crippen molar-refractivity contribution in [3.63, 3.8) is 0 Å². The molecule has 19 heavy (non-hydrogen) atoms. The van der Waals surface area contributed by atoms with Crippen molar-refractivity contribution in [2.24, 2.45) is 0 Å². The second-order valence-corrected chi connectivity index (χ2v) is 5.85. The SMILES string of the molecule is Cc1ccc(C2SCC(=O)Nc3n[nH]c(C)c32)cc1. The Labute approximate surface area is 116 Å². The molecule has 1 unspecified atom stereocenters. The molecule has 3 rings (SSSR count). The van der Waals surface area contributed by atoms with Crippen LogP contribution in [0.4, 0.5) is 5.82 Å². The number of benzene rings is 1. The number of hydrogen-bond acceptors (Lipinski definition) is 3. The predicted octanol–water partition coefficient (Wildman–Crippen LogP) is 2.80. The molecule has 0 bridgehead atoms. The van der Waals surface area contributed by atoms with Crippen molar-refractivity contribution in [2.75, 3.05) is 11.1 Å². The summed E-state index contributed by atoms with van der Waals surface area (Å²) in [6.07, 6.45) is 0. The largest absolute Gasteiger partial charge is 0.308 e. The van der Waals surface area contributed by atoms with Gasteiger partial charge >= 0.3 is 0 Å². The molecule has 0 spiro atoms. The molecule has 0 aliphatic carbocycles. The molecule has 0 saturated heterocycles. The maximum absolute atomic E-state index is 11.7. The fourth-order valence-electron chi connectivity index (χ4n) is 2.27. The molecule has 98 valence electrons. The minimum absolute atomic E-state index is 0.00682. The Morgan fingerprint density at radius 1 is 1.26 bits per heavy atom. The average Bonchev–Trinajstić information content (AvgIpc) is 2.65. The Balaban J connectivity index is 2.08. The van der Waals surface area contributed by atoms with Crippen molar-refractivity contribution in [1.29, 1.82) is 0 Å². The number of hydrogen-bond donors (Lipinski definition) is 2. The van der Waals surface area contributed by atoms with Crippen LogP contribution in [0.5, 0.6) is 0 Å². The van der Waals surface area contributed by atoms with Crippen molar-refractivity contribution < 1.29 is 4.79 Å². The summed E-state index contributed by atoms with van der Waals surface area (Å²) in [5.74, 6) is 1.12. The van der Waals surface area contributed by atoms with E-state index in [9.17, 15) is 4.79 Å². The first-order valence-corrected chi connectivity index (χ1v) is 7.23. The molecule has 1 aromatic carbocycles. The van der Waals surface area contributed by atoms with Crippen molar-refractivity contribution in [3.8, 4) is 0 Å². The summed E-state index contributed by atoms with van der Waals surface area (Å²) in [4.78, 5) is 11.7. The zero-order valence-corrected chi connectivity index (χ0v) is 11.7. The topological polar surface area (TPSA) is 57.8 Å². The van der Waals surface area contributed by atoms with Crippen molar-refractivity contribution >= 4 is 23.5 Å². The number of fused-ring (bicyclic) bond motifs is 1. The summed E-state index contributed by atoms with van der Waals surface area (Å²) in [6, 6.07) is 8.45. The molecular formula is C14H15N3OS. The first-order valence-electron chi connectivity index (χ1n) is 6.18. The number of aryl methyl sites for hydroxylation is 2. The van der Waals surface area contributed by atoms with E-state index in [2.05, 4.69) is 46.7 Å². The molecule has 0 fully saturated rings. The van der Waals surface area contributed by atoms with E-state index in [0.717, 1.165) is 11.3 Å². The van der Waals surface area contributed by atoms with Crippen molar-refractivity contribution in [3.05, 3.63) is 46.6 Å². The Morgan fingerprint density at radius 2 is 2.00 bits per heavy atom. The number of carbonyl (C=O) groups is 1. The van der Waals surface area contributed by atoms with Crippen molar-refractivity contribution in [2.45, 2.75) is 19.1 Å². The third-order valence-electron chi connectivity index (χ3n) is 3.28. The highest BCUT2D eigenvalue weighted by Crippen LogP contribution is 2.42. The van der Waals surface area contributed by atoms with Gasteiger partial charge in [-0.05, 0) is 19.4 Å². The van der Waals surface area contributed by atoms with E-state index in [4.69, 9.17) is 0 Å². The van der Waals surface area contributed by atoms with Crippen LogP contribution >= 0.6 is 11.8 Å². The summed E-state index contributed by atoms with van der Waals surface area (Å²) < 4.78 is 0. The van der Waals surface area contributed by atoms with Crippen LogP contribution in [0.2, 0.25) is 0 Å². The smallest absolute Gasteiger partial charge is 0.235 e. The summed E-state index contributed by atoms with van der Waals surface area (Å²) in [5, 5.41) is 10.1. The predicted molar refractivity (Wildman–Crippen MR) is 77.4 cm³/mol. The summed E-state index contributed by atoms with van der Waals surface area (Å²) in [5.41, 5.74) is 4.54. The van der Waals surface area contributed by atoms with Crippen LogP contribution in [0.3, 0.4) is 0 Å². The number of amides is 1. The number of nitrogens with one attached hydrogen (secondary N) is 2. The van der Waals surface area contributed by atoms with Crippen LogP contribution in [0, 0.1) is 13.8 Å². The van der Waals surface area contributed by atoms with Crippen molar-refractivity contribution in [1.82, 2.24) is 10.2 Å². The van der Waals surface area contributed by atoms with E-state index >= 15 is 0 Å². The van der Waals surface area contributed by atoms with Crippen LogP contribution < -0.4 is 5.32 Å². The minimum Gasteiger partial charge on any atom is -0.308 e. The third-order valence-corrected chi connectivity index (χ3v) is 4.55. The van der Waals surface area contributed by atoms with Gasteiger partial charge in [-0.25, -0.2) is 0 Å². The lowest BCUT2D eigenvalue weighted by atomic mass is 10.0. The molecule has 1 amide bonds. The van der Waals surface area contributed by atoms with E-state index in [1.165, 1.54) is 11.1 Å². The van der Waals surface area contributed by atoms with Gasteiger partial charge in [0, 0.05) is 11.3 Å². The number of carbonyl (C=O) groups excluding carboxylic acids is 1. The van der Waals surface area contributed by atoms with Gasteiger partial charge in [0.2, 0.25) is 5.91 Å². The summed E-state index contributed by atoms with van der Waals surface area (Å²) in [6.45, 7) is 4.06. The number of thioether (sulfide) groups is 1. The van der Waals surface area contributed by atoms with Gasteiger partial charge in [-0.2, -0.15) is 5.10 Å². The molecule has 5 heteroatoms. The average molecular weight is 273 g/mol. The van der Waals surface area contributed by atoms with Crippen LogP contribution in [0.1, 0.15) is 27.6 Å². The van der Waals surface area contributed by atoms with Gasteiger partial charge in [0.25, 0.3) is 0 Å². The van der Waals surface area contributed by atoms with Crippen LogP contribution in [-0.2, 0) is 4.79 Å². The highest BCUT2D eigenvalue weighted by molar-refractivity contribution is 8.00. The van der Waals surface area contributed by atoms with Gasteiger partial charge in [0.15, 0.2) is 5.82 Å². The van der Waals surface area contributed by atoms with Gasteiger partial charge in [0.1, 0.15) is 0 Å². The van der Waals surface area contributed by atoms with Crippen LogP contribution in [0.25, 0.3) is 0 Å². The number of rotatable bonds is 1. The molecule has 0 radical (unpaired) electrons. The number of anilines is 1. The number of H-pyrrole nitrogens is 1. The van der Waals surface area contributed by atoms with E-state index in [-0.39, 0.29) is 11.2 Å². The lowest BCUT2D eigenvalue weighted by Gasteiger charge is -2.15. The molecule has 2 N–H and O–H groups in total. The zero-order chi connectivity index (χ0) is 13.4. The lowest BCUT2D eigenvalue weighted by molar-refractivity contribution is -0.113. The van der Waals surface area contributed by atoms with E-state index < -0.39 is 0 Å². The van der Waals surface area contributed by atoms with Gasteiger partial charge < -0.3 is 5.32 Å². The van der Waals surface area contributed by atoms with Gasteiger partial charge in [0.05, 0.1) is 11.0 Å². The van der Waals surface area contributed by atoms with Gasteiger partial charge in [-0.1, -0.05) is 29.8 Å². The molecule has 1 aliphatic rings. The lowest BCUT2D eigenvalue weighted by Crippen LogP contribution is -2.12. The number of aromatic amines is 1. The Kier molecular flexibility index (Phi) is 3.06. The molecule has 2 heterocycles. The van der Waals surface area contributed by atoms with Gasteiger partial charge in [-0.3, -0.25) is 9.89 Å². The molecule has 0 saturated carbocycles. The van der Waals surface area contributed by atoms with Crippen LogP contribution in [0.15, 0.2) is 24.3 Å². The zero-order valence-electron chi connectivity index (χ0n) is 10.9.